The van der Waals surface area contributed by atoms with Crippen LogP contribution in [0.2, 0.25) is 0 Å². The number of carboxylic acid groups (broad SMARTS) is 1. The number of nitrogens with one attached hydrogen (secondary N) is 1. The van der Waals surface area contributed by atoms with Crippen molar-refractivity contribution in [3.05, 3.63) is 23.8 Å². The maximum atomic E-state index is 11.0. The topological polar surface area (TPSA) is 75.3 Å². The molecule has 0 bridgehead atoms. The van der Waals surface area contributed by atoms with Crippen molar-refractivity contribution in [2.75, 3.05) is 11.1 Å². The second-order valence-electron chi connectivity index (χ2n) is 5.35. The van der Waals surface area contributed by atoms with E-state index in [-0.39, 0.29) is 11.1 Å². The zero-order chi connectivity index (χ0) is 13.2. The molecular formula is C14H20N2O2. The van der Waals surface area contributed by atoms with Crippen molar-refractivity contribution in [1.82, 2.24) is 0 Å². The van der Waals surface area contributed by atoms with Crippen LogP contribution in [0, 0.1) is 0 Å². The summed E-state index contributed by atoms with van der Waals surface area (Å²) in [5.74, 6) is -0.924. The highest BCUT2D eigenvalue weighted by Crippen LogP contribution is 2.33. The maximum Gasteiger partial charge on any atom is 0.335 e. The van der Waals surface area contributed by atoms with E-state index < -0.39 is 5.97 Å². The van der Waals surface area contributed by atoms with E-state index in [0.717, 1.165) is 18.5 Å². The third kappa shape index (κ3) is 2.75. The lowest BCUT2D eigenvalue weighted by atomic mass is 9.83. The standard InChI is InChI=1S/C14H20N2O2/c1-14(7-3-2-4-8-14)16-12-9-10(13(17)18)5-6-11(12)15/h5-6,9,16H,2-4,7-8,15H2,1H3,(H,17,18). The number of benzene rings is 1. The molecule has 0 radical (unpaired) electrons. The average Bonchev–Trinajstić information content (AvgIpc) is 2.32. The minimum atomic E-state index is -0.924. The molecule has 0 aromatic heterocycles. The lowest BCUT2D eigenvalue weighted by Crippen LogP contribution is -2.37. The number of hydrogen-bond acceptors (Lipinski definition) is 3. The second kappa shape index (κ2) is 4.88. The molecule has 1 aliphatic rings. The first kappa shape index (κ1) is 12.7. The number of nitrogen functional groups attached to an aromatic ring is 1. The van der Waals surface area contributed by atoms with Gasteiger partial charge in [-0.1, -0.05) is 19.3 Å². The van der Waals surface area contributed by atoms with Gasteiger partial charge in [0.15, 0.2) is 0 Å². The van der Waals surface area contributed by atoms with Crippen LogP contribution in [0.4, 0.5) is 11.4 Å². The highest BCUT2D eigenvalue weighted by Gasteiger charge is 2.27. The van der Waals surface area contributed by atoms with Crippen LogP contribution in [0.5, 0.6) is 0 Å². The van der Waals surface area contributed by atoms with Gasteiger partial charge < -0.3 is 16.2 Å². The lowest BCUT2D eigenvalue weighted by Gasteiger charge is -2.36. The number of hydrogen-bond donors (Lipinski definition) is 3. The Balaban J connectivity index is 2.22. The molecule has 0 amide bonds. The minimum Gasteiger partial charge on any atom is -0.478 e. The van der Waals surface area contributed by atoms with E-state index in [4.69, 9.17) is 10.8 Å². The molecule has 4 nitrogen and oxygen atoms in total. The number of carbonyl (C=O) groups is 1. The molecule has 0 spiro atoms. The normalized spacial score (nSPS) is 18.3. The van der Waals surface area contributed by atoms with Crippen molar-refractivity contribution in [3.63, 3.8) is 0 Å². The molecule has 0 heterocycles. The Morgan fingerprint density at radius 3 is 2.61 bits per heavy atom. The van der Waals surface area contributed by atoms with Gasteiger partial charge in [0.1, 0.15) is 0 Å². The minimum absolute atomic E-state index is 0.0312. The van der Waals surface area contributed by atoms with Crippen LogP contribution >= 0.6 is 0 Å². The summed E-state index contributed by atoms with van der Waals surface area (Å²) in [5, 5.41) is 12.4. The second-order valence-corrected chi connectivity index (χ2v) is 5.35. The smallest absolute Gasteiger partial charge is 0.335 e. The monoisotopic (exact) mass is 248 g/mol. The molecule has 1 aromatic rings. The van der Waals surface area contributed by atoms with Gasteiger partial charge in [-0.15, -0.1) is 0 Å². The predicted octanol–water partition coefficient (Wildman–Crippen LogP) is 3.10. The van der Waals surface area contributed by atoms with E-state index in [1.54, 1.807) is 12.1 Å². The van der Waals surface area contributed by atoms with Gasteiger partial charge in [0.25, 0.3) is 0 Å². The molecule has 0 saturated heterocycles. The van der Waals surface area contributed by atoms with Crippen LogP contribution in [0.25, 0.3) is 0 Å². The third-order valence-corrected chi connectivity index (χ3v) is 3.69. The Labute approximate surface area is 107 Å². The van der Waals surface area contributed by atoms with Gasteiger partial charge >= 0.3 is 5.97 Å². The highest BCUT2D eigenvalue weighted by atomic mass is 16.4. The first-order valence-electron chi connectivity index (χ1n) is 6.41. The molecule has 0 atom stereocenters. The van der Waals surface area contributed by atoms with Crippen LogP contribution in [0.15, 0.2) is 18.2 Å². The first-order chi connectivity index (χ1) is 8.50. The summed E-state index contributed by atoms with van der Waals surface area (Å²) in [6.45, 7) is 2.18. The SMILES string of the molecule is CC1(Nc2cc(C(=O)O)ccc2N)CCCCC1. The number of anilines is 2. The third-order valence-electron chi connectivity index (χ3n) is 3.69. The number of rotatable bonds is 3. The Hall–Kier alpha value is -1.71. The van der Waals surface area contributed by atoms with E-state index in [1.165, 1.54) is 25.3 Å². The number of carboxylic acids is 1. The van der Waals surface area contributed by atoms with Crippen molar-refractivity contribution in [2.24, 2.45) is 0 Å². The van der Waals surface area contributed by atoms with Gasteiger partial charge in [-0.25, -0.2) is 4.79 Å². The first-order valence-corrected chi connectivity index (χ1v) is 6.41. The van der Waals surface area contributed by atoms with E-state index in [2.05, 4.69) is 12.2 Å². The van der Waals surface area contributed by atoms with E-state index in [0.29, 0.717) is 5.69 Å². The van der Waals surface area contributed by atoms with Crippen molar-refractivity contribution < 1.29 is 9.90 Å². The van der Waals surface area contributed by atoms with E-state index in [9.17, 15) is 4.79 Å². The summed E-state index contributed by atoms with van der Waals surface area (Å²) in [6, 6.07) is 4.81. The maximum absolute atomic E-state index is 11.0. The molecule has 0 aliphatic heterocycles. The molecule has 1 aromatic carbocycles. The van der Waals surface area contributed by atoms with Gasteiger partial charge in [0.2, 0.25) is 0 Å². The lowest BCUT2D eigenvalue weighted by molar-refractivity contribution is 0.0697. The van der Waals surface area contributed by atoms with Gasteiger partial charge in [0, 0.05) is 5.54 Å². The fourth-order valence-electron chi connectivity index (χ4n) is 2.58. The summed E-state index contributed by atoms with van der Waals surface area (Å²) in [6.07, 6.45) is 5.90. The van der Waals surface area contributed by atoms with Crippen LogP contribution in [-0.2, 0) is 0 Å². The molecule has 0 unspecified atom stereocenters. The molecule has 1 aliphatic carbocycles. The van der Waals surface area contributed by atoms with Gasteiger partial charge in [-0.3, -0.25) is 0 Å². The molecule has 4 N–H and O–H groups in total. The van der Waals surface area contributed by atoms with Crippen molar-refractivity contribution in [1.29, 1.82) is 0 Å². The summed E-state index contributed by atoms with van der Waals surface area (Å²) >= 11 is 0. The fourth-order valence-corrected chi connectivity index (χ4v) is 2.58. The van der Waals surface area contributed by atoms with Crippen molar-refractivity contribution in [3.8, 4) is 0 Å². The molecule has 98 valence electrons. The van der Waals surface area contributed by atoms with Crippen molar-refractivity contribution >= 4 is 17.3 Å². The molecular weight excluding hydrogens is 228 g/mol. The molecule has 4 heteroatoms. The Morgan fingerprint density at radius 1 is 1.33 bits per heavy atom. The highest BCUT2D eigenvalue weighted by molar-refractivity contribution is 5.90. The summed E-state index contributed by atoms with van der Waals surface area (Å²) in [4.78, 5) is 11.0. The zero-order valence-corrected chi connectivity index (χ0v) is 10.7. The predicted molar refractivity (Wildman–Crippen MR) is 72.9 cm³/mol. The summed E-state index contributed by atoms with van der Waals surface area (Å²) in [7, 11) is 0. The fraction of sp³-hybridized carbons (Fsp3) is 0.500. The van der Waals surface area contributed by atoms with Gasteiger partial charge in [-0.05, 0) is 38.0 Å². The van der Waals surface area contributed by atoms with Gasteiger partial charge in [-0.2, -0.15) is 0 Å². The molecule has 18 heavy (non-hydrogen) atoms. The molecule has 2 rings (SSSR count). The average molecular weight is 248 g/mol. The van der Waals surface area contributed by atoms with Crippen LogP contribution in [0.1, 0.15) is 49.4 Å². The van der Waals surface area contributed by atoms with Gasteiger partial charge in [0.05, 0.1) is 16.9 Å². The molecule has 1 saturated carbocycles. The van der Waals surface area contributed by atoms with Crippen LogP contribution < -0.4 is 11.1 Å². The Morgan fingerprint density at radius 2 is 2.00 bits per heavy atom. The number of nitrogens with two attached hydrogens (primary N) is 1. The quantitative estimate of drug-likeness (QED) is 0.718. The number of aromatic carboxylic acids is 1. The van der Waals surface area contributed by atoms with Crippen LogP contribution in [0.3, 0.4) is 0 Å². The van der Waals surface area contributed by atoms with E-state index >= 15 is 0 Å². The molecule has 1 fully saturated rings. The largest absolute Gasteiger partial charge is 0.478 e. The van der Waals surface area contributed by atoms with Crippen LogP contribution in [-0.4, -0.2) is 16.6 Å². The Bertz CT molecular complexity index is 451. The summed E-state index contributed by atoms with van der Waals surface area (Å²) in [5.41, 5.74) is 7.55. The van der Waals surface area contributed by atoms with E-state index in [1.807, 2.05) is 0 Å². The summed E-state index contributed by atoms with van der Waals surface area (Å²) < 4.78 is 0. The zero-order valence-electron chi connectivity index (χ0n) is 10.7. The Kier molecular flexibility index (Phi) is 3.45. The van der Waals surface area contributed by atoms with Crippen molar-refractivity contribution in [2.45, 2.75) is 44.6 Å².